The van der Waals surface area contributed by atoms with E-state index in [9.17, 15) is 10.2 Å². The monoisotopic (exact) mass is 409 g/mol. The summed E-state index contributed by atoms with van der Waals surface area (Å²) in [6.45, 7) is 4.24. The Morgan fingerprint density at radius 3 is 2.47 bits per heavy atom. The molecule has 1 aliphatic rings. The maximum absolute atomic E-state index is 10.6. The number of hydrogen-bond acceptors (Lipinski definition) is 5. The van der Waals surface area contributed by atoms with Gasteiger partial charge in [-0.1, -0.05) is 61.4 Å². The number of rotatable bonds is 13. The van der Waals surface area contributed by atoms with Crippen LogP contribution in [0.15, 0.2) is 48.5 Å². The zero-order chi connectivity index (χ0) is 21.0. The highest BCUT2D eigenvalue weighted by Gasteiger charge is 2.18. The zero-order valence-corrected chi connectivity index (χ0v) is 17.7. The Balaban J connectivity index is 1.22. The molecule has 0 saturated heterocycles. The molecule has 1 atom stereocenters. The first-order valence-corrected chi connectivity index (χ1v) is 11.2. The van der Waals surface area contributed by atoms with Crippen molar-refractivity contribution in [2.45, 2.75) is 38.2 Å². The number of anilines is 1. The molecule has 0 amide bonds. The number of aromatic hydroxyl groups is 1. The van der Waals surface area contributed by atoms with E-state index in [1.54, 1.807) is 6.07 Å². The van der Waals surface area contributed by atoms with Gasteiger partial charge in [0.25, 0.3) is 0 Å². The van der Waals surface area contributed by atoms with Crippen molar-refractivity contribution in [1.82, 2.24) is 10.6 Å². The summed E-state index contributed by atoms with van der Waals surface area (Å²) in [5.41, 5.74) is 3.83. The molecule has 1 aliphatic heterocycles. The number of hydrogen-bond donors (Lipinski definition) is 5. The number of unbranched alkanes of at least 4 members (excludes halogenated alkanes) is 3. The number of fused-ring (bicyclic) bond motifs is 1. The standard InChI is InChI=1S/C25H35N3O2/c29-23-13-12-21(22-11-8-17-28-25(22)23)24(30)19-27-16-7-2-1-6-15-26-18-14-20-9-4-3-5-10-20/h3-5,8-13,24,26-30H,1-2,6-7,14-19H2/t24-/m0/s1. The molecule has 5 nitrogen and oxygen atoms in total. The third-order valence-electron chi connectivity index (χ3n) is 5.53. The molecule has 0 bridgehead atoms. The largest absolute Gasteiger partial charge is 0.506 e. The zero-order valence-electron chi connectivity index (χ0n) is 17.7. The molecule has 162 valence electrons. The highest BCUT2D eigenvalue weighted by atomic mass is 16.3. The second-order valence-corrected chi connectivity index (χ2v) is 7.87. The van der Waals surface area contributed by atoms with E-state index in [4.69, 9.17) is 0 Å². The van der Waals surface area contributed by atoms with Crippen molar-refractivity contribution in [1.29, 1.82) is 0 Å². The first-order valence-electron chi connectivity index (χ1n) is 11.2. The second-order valence-electron chi connectivity index (χ2n) is 7.87. The van der Waals surface area contributed by atoms with E-state index in [1.807, 2.05) is 18.2 Å². The molecule has 0 radical (unpaired) electrons. The van der Waals surface area contributed by atoms with Crippen molar-refractivity contribution in [3.63, 3.8) is 0 Å². The Kier molecular flexibility index (Phi) is 9.22. The summed E-state index contributed by atoms with van der Waals surface area (Å²) in [4.78, 5) is 0. The molecule has 0 unspecified atom stereocenters. The van der Waals surface area contributed by atoms with Gasteiger partial charge in [0.2, 0.25) is 0 Å². The van der Waals surface area contributed by atoms with E-state index in [2.05, 4.69) is 46.3 Å². The minimum absolute atomic E-state index is 0.229. The third-order valence-corrected chi connectivity index (χ3v) is 5.53. The molecule has 2 aromatic carbocycles. The molecular formula is C25H35N3O2. The average molecular weight is 410 g/mol. The van der Waals surface area contributed by atoms with Crippen LogP contribution >= 0.6 is 0 Å². The lowest BCUT2D eigenvalue weighted by Gasteiger charge is -2.21. The van der Waals surface area contributed by atoms with Crippen LogP contribution in [0.25, 0.3) is 6.08 Å². The molecule has 5 heteroatoms. The van der Waals surface area contributed by atoms with Crippen LogP contribution in [-0.4, -0.2) is 42.9 Å². The topological polar surface area (TPSA) is 76.5 Å². The molecule has 0 spiro atoms. The van der Waals surface area contributed by atoms with E-state index < -0.39 is 6.10 Å². The van der Waals surface area contributed by atoms with Gasteiger partial charge in [0.15, 0.2) is 0 Å². The maximum atomic E-state index is 10.6. The summed E-state index contributed by atoms with van der Waals surface area (Å²) in [6, 6.07) is 14.1. The second kappa shape index (κ2) is 12.4. The lowest BCUT2D eigenvalue weighted by Crippen LogP contribution is -2.23. The number of phenols is 1. The van der Waals surface area contributed by atoms with Gasteiger partial charge in [-0.15, -0.1) is 0 Å². The van der Waals surface area contributed by atoms with E-state index in [1.165, 1.54) is 24.8 Å². The first-order chi connectivity index (χ1) is 14.8. The normalized spacial score (nSPS) is 13.6. The highest BCUT2D eigenvalue weighted by molar-refractivity contribution is 5.77. The summed E-state index contributed by atoms with van der Waals surface area (Å²) in [5, 5.41) is 30.6. The van der Waals surface area contributed by atoms with Crippen LogP contribution in [0.1, 0.15) is 48.5 Å². The molecule has 0 aliphatic carbocycles. The fourth-order valence-corrected chi connectivity index (χ4v) is 3.82. The molecule has 30 heavy (non-hydrogen) atoms. The van der Waals surface area contributed by atoms with E-state index >= 15 is 0 Å². The molecular weight excluding hydrogens is 374 g/mol. The lowest BCUT2D eigenvalue weighted by atomic mass is 9.97. The SMILES string of the molecule is Oc1ccc([C@@H](O)CNCCCCCCNCCc2ccccc2)c2c1NCC=C2. The average Bonchev–Trinajstić information content (AvgIpc) is 2.78. The fourth-order valence-electron chi connectivity index (χ4n) is 3.82. The Labute approximate surface area is 180 Å². The minimum Gasteiger partial charge on any atom is -0.506 e. The molecule has 2 aromatic rings. The van der Waals surface area contributed by atoms with Gasteiger partial charge in [-0.2, -0.15) is 0 Å². The van der Waals surface area contributed by atoms with Gasteiger partial charge in [0.05, 0.1) is 11.8 Å². The number of nitrogens with one attached hydrogen (secondary N) is 3. The van der Waals surface area contributed by atoms with Crippen LogP contribution in [0.5, 0.6) is 5.75 Å². The summed E-state index contributed by atoms with van der Waals surface area (Å²) >= 11 is 0. The third kappa shape index (κ3) is 6.87. The van der Waals surface area contributed by atoms with Crippen molar-refractivity contribution >= 4 is 11.8 Å². The van der Waals surface area contributed by atoms with Crippen LogP contribution < -0.4 is 16.0 Å². The van der Waals surface area contributed by atoms with Crippen molar-refractivity contribution in [3.8, 4) is 5.75 Å². The summed E-state index contributed by atoms with van der Waals surface area (Å²) in [7, 11) is 0. The molecule has 1 heterocycles. The van der Waals surface area contributed by atoms with Crippen LogP contribution in [0, 0.1) is 0 Å². The van der Waals surface area contributed by atoms with Gasteiger partial charge in [-0.25, -0.2) is 0 Å². The Hall–Kier alpha value is -2.34. The molecule has 0 fully saturated rings. The number of aliphatic hydroxyl groups is 1. The summed E-state index contributed by atoms with van der Waals surface area (Å²) in [5.74, 6) is 0.229. The maximum Gasteiger partial charge on any atom is 0.139 e. The number of benzene rings is 2. The van der Waals surface area contributed by atoms with E-state index in [0.29, 0.717) is 18.8 Å². The van der Waals surface area contributed by atoms with Gasteiger partial charge in [0, 0.05) is 18.7 Å². The minimum atomic E-state index is -0.585. The lowest BCUT2D eigenvalue weighted by molar-refractivity contribution is 0.174. The Bertz CT molecular complexity index is 792. The van der Waals surface area contributed by atoms with Crippen LogP contribution in [0.4, 0.5) is 5.69 Å². The summed E-state index contributed by atoms with van der Waals surface area (Å²) < 4.78 is 0. The predicted octanol–water partition coefficient (Wildman–Crippen LogP) is 3.85. The Morgan fingerprint density at radius 2 is 1.67 bits per heavy atom. The highest BCUT2D eigenvalue weighted by Crippen LogP contribution is 2.35. The molecule has 3 rings (SSSR count). The van der Waals surface area contributed by atoms with Gasteiger partial charge < -0.3 is 26.2 Å². The number of phenolic OH excluding ortho intramolecular Hbond substituents is 1. The van der Waals surface area contributed by atoms with Crippen LogP contribution in [0.2, 0.25) is 0 Å². The fraction of sp³-hybridized carbons (Fsp3) is 0.440. The van der Waals surface area contributed by atoms with Gasteiger partial charge in [-0.05, 0) is 56.1 Å². The quantitative estimate of drug-likeness (QED) is 0.257. The van der Waals surface area contributed by atoms with E-state index in [0.717, 1.165) is 43.6 Å². The van der Waals surface area contributed by atoms with E-state index in [-0.39, 0.29) is 5.75 Å². The smallest absolute Gasteiger partial charge is 0.139 e. The van der Waals surface area contributed by atoms with Crippen molar-refractivity contribution in [3.05, 3.63) is 65.2 Å². The molecule has 0 saturated carbocycles. The van der Waals surface area contributed by atoms with Crippen LogP contribution in [0.3, 0.4) is 0 Å². The molecule has 5 N–H and O–H groups in total. The summed E-state index contributed by atoms with van der Waals surface area (Å²) in [6.07, 6.45) is 9.22. The van der Waals surface area contributed by atoms with Crippen molar-refractivity contribution < 1.29 is 10.2 Å². The predicted molar refractivity (Wildman–Crippen MR) is 125 cm³/mol. The van der Waals surface area contributed by atoms with Gasteiger partial charge in [0.1, 0.15) is 5.75 Å². The van der Waals surface area contributed by atoms with Crippen molar-refractivity contribution in [2.24, 2.45) is 0 Å². The van der Waals surface area contributed by atoms with Gasteiger partial charge >= 0.3 is 0 Å². The van der Waals surface area contributed by atoms with Crippen LogP contribution in [-0.2, 0) is 6.42 Å². The molecule has 0 aromatic heterocycles. The number of aliphatic hydroxyl groups excluding tert-OH is 1. The van der Waals surface area contributed by atoms with Crippen molar-refractivity contribution in [2.75, 3.05) is 38.0 Å². The Morgan fingerprint density at radius 1 is 0.900 bits per heavy atom. The first kappa shape index (κ1) is 22.3. The van der Waals surface area contributed by atoms with Gasteiger partial charge in [-0.3, -0.25) is 0 Å².